The maximum atomic E-state index is 13.2. The molecule has 1 unspecified atom stereocenters. The zero-order valence-corrected chi connectivity index (χ0v) is 16.3. The first-order chi connectivity index (χ1) is 13.6. The van der Waals surface area contributed by atoms with E-state index in [2.05, 4.69) is 15.4 Å². The van der Waals surface area contributed by atoms with Crippen LogP contribution in [-0.2, 0) is 7.05 Å². The number of methoxy groups -OCH3 is 1. The third-order valence-electron chi connectivity index (χ3n) is 5.05. The number of rotatable bonds is 4. The minimum Gasteiger partial charge on any atom is -0.494 e. The van der Waals surface area contributed by atoms with Gasteiger partial charge >= 0.3 is 0 Å². The molecule has 1 saturated heterocycles. The van der Waals surface area contributed by atoms with E-state index >= 15 is 0 Å². The molecule has 4 rings (SSSR count). The molecule has 0 saturated carbocycles. The van der Waals surface area contributed by atoms with Gasteiger partial charge in [-0.05, 0) is 30.7 Å². The molecule has 0 spiro atoms. The monoisotopic (exact) mass is 380 g/mol. The summed E-state index contributed by atoms with van der Waals surface area (Å²) < 4.78 is 9.09. The normalized spacial score (nSPS) is 17.0. The second kappa shape index (κ2) is 7.47. The fourth-order valence-electron chi connectivity index (χ4n) is 3.57. The van der Waals surface area contributed by atoms with Gasteiger partial charge in [-0.25, -0.2) is 9.67 Å². The number of ether oxygens (including phenoxy) is 1. The fourth-order valence-corrected chi connectivity index (χ4v) is 3.57. The van der Waals surface area contributed by atoms with E-state index in [-0.39, 0.29) is 11.9 Å². The molecule has 1 fully saturated rings. The first-order valence-electron chi connectivity index (χ1n) is 9.28. The number of amides is 1. The van der Waals surface area contributed by atoms with Crippen LogP contribution in [0.3, 0.4) is 0 Å². The number of aryl methyl sites for hydroxylation is 2. The van der Waals surface area contributed by atoms with E-state index in [0.29, 0.717) is 24.5 Å². The van der Waals surface area contributed by atoms with E-state index < -0.39 is 0 Å². The maximum absolute atomic E-state index is 13.2. The summed E-state index contributed by atoms with van der Waals surface area (Å²) in [5.41, 5.74) is 2.31. The molecule has 3 heterocycles. The van der Waals surface area contributed by atoms with Gasteiger partial charge in [0.15, 0.2) is 5.69 Å². The number of hydrogen-bond acceptors (Lipinski definition) is 5. The number of imidazole rings is 1. The third-order valence-corrected chi connectivity index (χ3v) is 5.05. The summed E-state index contributed by atoms with van der Waals surface area (Å²) >= 11 is 0. The number of nitrogens with one attached hydrogen (secondary N) is 1. The predicted molar refractivity (Wildman–Crippen MR) is 105 cm³/mol. The van der Waals surface area contributed by atoms with Gasteiger partial charge in [0.05, 0.1) is 7.11 Å². The van der Waals surface area contributed by atoms with Crippen molar-refractivity contribution in [1.29, 1.82) is 0 Å². The molecule has 1 N–H and O–H groups in total. The highest BCUT2D eigenvalue weighted by Gasteiger charge is 2.32. The number of hydrogen-bond donors (Lipinski definition) is 1. The Labute approximate surface area is 163 Å². The van der Waals surface area contributed by atoms with Crippen LogP contribution in [-0.4, -0.2) is 56.9 Å². The van der Waals surface area contributed by atoms with Crippen LogP contribution in [0, 0.1) is 6.92 Å². The summed E-state index contributed by atoms with van der Waals surface area (Å²) in [6.45, 7) is 4.04. The molecule has 28 heavy (non-hydrogen) atoms. The standard InChI is InChI=1S/C20H24N6O2/c1-14-4-5-18(28-3)16(12-14)26-9-6-15(23-26)20(27)25-11-7-21-13-17(25)19-22-8-10-24(19)2/h4-6,8-10,12,17,21H,7,11,13H2,1-3H3. The van der Waals surface area contributed by atoms with Crippen LogP contribution < -0.4 is 10.1 Å². The van der Waals surface area contributed by atoms with Gasteiger partial charge in [0, 0.05) is 45.3 Å². The van der Waals surface area contributed by atoms with Gasteiger partial charge in [0.25, 0.3) is 5.91 Å². The van der Waals surface area contributed by atoms with Crippen LogP contribution >= 0.6 is 0 Å². The van der Waals surface area contributed by atoms with E-state index in [1.165, 1.54) is 0 Å². The van der Waals surface area contributed by atoms with Crippen molar-refractivity contribution in [1.82, 2.24) is 29.5 Å². The number of nitrogens with zero attached hydrogens (tertiary/aromatic N) is 5. The smallest absolute Gasteiger partial charge is 0.275 e. The molecule has 3 aromatic rings. The van der Waals surface area contributed by atoms with Gasteiger partial charge in [-0.2, -0.15) is 5.10 Å². The molecule has 1 aliphatic heterocycles. The molecule has 1 aromatic carbocycles. The van der Waals surface area contributed by atoms with Gasteiger partial charge in [-0.1, -0.05) is 6.07 Å². The Balaban J connectivity index is 1.64. The SMILES string of the molecule is COc1ccc(C)cc1-n1ccc(C(=O)N2CCNCC2c2nccn2C)n1. The van der Waals surface area contributed by atoms with Crippen molar-refractivity contribution in [3.63, 3.8) is 0 Å². The predicted octanol–water partition coefficient (Wildman–Crippen LogP) is 1.71. The van der Waals surface area contributed by atoms with E-state index in [0.717, 1.165) is 23.6 Å². The largest absolute Gasteiger partial charge is 0.494 e. The van der Waals surface area contributed by atoms with E-state index in [4.69, 9.17) is 4.74 Å². The minimum atomic E-state index is -0.125. The van der Waals surface area contributed by atoms with E-state index in [1.54, 1.807) is 30.3 Å². The first-order valence-corrected chi connectivity index (χ1v) is 9.28. The summed E-state index contributed by atoms with van der Waals surface area (Å²) in [5.74, 6) is 1.47. The van der Waals surface area contributed by atoms with Gasteiger partial charge < -0.3 is 19.5 Å². The van der Waals surface area contributed by atoms with Crippen molar-refractivity contribution in [3.8, 4) is 11.4 Å². The quantitative estimate of drug-likeness (QED) is 0.746. The lowest BCUT2D eigenvalue weighted by molar-refractivity contribution is 0.0614. The Morgan fingerprint density at radius 2 is 2.14 bits per heavy atom. The Morgan fingerprint density at radius 3 is 2.89 bits per heavy atom. The number of carbonyl (C=O) groups is 1. The molecule has 0 radical (unpaired) electrons. The fraction of sp³-hybridized carbons (Fsp3) is 0.350. The van der Waals surface area contributed by atoms with Crippen LogP contribution in [0.1, 0.15) is 27.9 Å². The van der Waals surface area contributed by atoms with Crippen molar-refractivity contribution in [2.75, 3.05) is 26.7 Å². The molecule has 146 valence electrons. The van der Waals surface area contributed by atoms with Crippen molar-refractivity contribution >= 4 is 5.91 Å². The highest BCUT2D eigenvalue weighted by molar-refractivity contribution is 5.92. The third kappa shape index (κ3) is 3.27. The number of carbonyl (C=O) groups excluding carboxylic acids is 1. The molecular formula is C20H24N6O2. The second-order valence-corrected chi connectivity index (χ2v) is 6.94. The summed E-state index contributed by atoms with van der Waals surface area (Å²) in [6, 6.07) is 7.50. The van der Waals surface area contributed by atoms with E-state index in [1.807, 2.05) is 47.8 Å². The van der Waals surface area contributed by atoms with Crippen LogP contribution in [0.5, 0.6) is 5.75 Å². The van der Waals surface area contributed by atoms with Crippen molar-refractivity contribution in [3.05, 3.63) is 59.9 Å². The first kappa shape index (κ1) is 18.2. The lowest BCUT2D eigenvalue weighted by Gasteiger charge is -2.35. The minimum absolute atomic E-state index is 0.0973. The Morgan fingerprint density at radius 1 is 1.29 bits per heavy atom. The molecule has 1 atom stereocenters. The Hall–Kier alpha value is -3.13. The van der Waals surface area contributed by atoms with Crippen molar-refractivity contribution in [2.24, 2.45) is 7.05 Å². The average Bonchev–Trinajstić information content (AvgIpc) is 3.36. The van der Waals surface area contributed by atoms with E-state index in [9.17, 15) is 4.79 Å². The topological polar surface area (TPSA) is 77.2 Å². The molecule has 0 aliphatic carbocycles. The van der Waals surface area contributed by atoms with Crippen LogP contribution in [0.2, 0.25) is 0 Å². The summed E-state index contributed by atoms with van der Waals surface area (Å²) in [4.78, 5) is 19.5. The molecule has 0 bridgehead atoms. The summed E-state index contributed by atoms with van der Waals surface area (Å²) in [7, 11) is 3.57. The number of aromatic nitrogens is 4. The molecule has 1 aliphatic rings. The molecule has 8 nitrogen and oxygen atoms in total. The molecule has 1 amide bonds. The number of piperazine rings is 1. The average molecular weight is 380 g/mol. The van der Waals surface area contributed by atoms with Gasteiger partial charge in [-0.15, -0.1) is 0 Å². The highest BCUT2D eigenvalue weighted by atomic mass is 16.5. The zero-order valence-electron chi connectivity index (χ0n) is 16.3. The maximum Gasteiger partial charge on any atom is 0.275 e. The molecule has 2 aromatic heterocycles. The van der Waals surface area contributed by atoms with Crippen molar-refractivity contribution in [2.45, 2.75) is 13.0 Å². The van der Waals surface area contributed by atoms with Crippen LogP contribution in [0.15, 0.2) is 42.9 Å². The Bertz CT molecular complexity index is 992. The summed E-state index contributed by atoms with van der Waals surface area (Å²) in [5, 5.41) is 7.89. The highest BCUT2D eigenvalue weighted by Crippen LogP contribution is 2.25. The van der Waals surface area contributed by atoms with Gasteiger partial charge in [0.2, 0.25) is 0 Å². The van der Waals surface area contributed by atoms with Gasteiger partial charge in [-0.3, -0.25) is 4.79 Å². The lowest BCUT2D eigenvalue weighted by Crippen LogP contribution is -2.49. The zero-order chi connectivity index (χ0) is 19.7. The molecule has 8 heteroatoms. The van der Waals surface area contributed by atoms with Gasteiger partial charge in [0.1, 0.15) is 23.3 Å². The summed E-state index contributed by atoms with van der Waals surface area (Å²) in [6.07, 6.45) is 5.44. The van der Waals surface area contributed by atoms with Crippen LogP contribution in [0.25, 0.3) is 5.69 Å². The number of benzene rings is 1. The van der Waals surface area contributed by atoms with Crippen LogP contribution in [0.4, 0.5) is 0 Å². The second-order valence-electron chi connectivity index (χ2n) is 6.94. The van der Waals surface area contributed by atoms with Crippen molar-refractivity contribution < 1.29 is 9.53 Å². The molecular weight excluding hydrogens is 356 g/mol. The lowest BCUT2D eigenvalue weighted by atomic mass is 10.1. The Kier molecular flexibility index (Phi) is 4.87.